The number of rotatable bonds is 9. The Morgan fingerprint density at radius 3 is 2.41 bits per heavy atom. The first-order valence-corrected chi connectivity index (χ1v) is 15.6. The summed E-state index contributed by atoms with van der Waals surface area (Å²) in [6, 6.07) is 0. The van der Waals surface area contributed by atoms with Crippen LogP contribution in [0.1, 0.15) is 12.5 Å². The van der Waals surface area contributed by atoms with Crippen molar-refractivity contribution in [2.24, 2.45) is 0 Å². The van der Waals surface area contributed by atoms with E-state index in [1.807, 2.05) is 0 Å². The number of H-pyrrole nitrogens is 1. The molecular weight excluding hydrogens is 634 g/mol. The molecule has 2 fully saturated rings. The molecule has 22 nitrogen and oxygen atoms in total. The Labute approximate surface area is 244 Å². The van der Waals surface area contributed by atoms with Crippen molar-refractivity contribution in [1.29, 1.82) is 0 Å². The second kappa shape index (κ2) is 11.5. The van der Waals surface area contributed by atoms with Crippen LogP contribution in [-0.4, -0.2) is 114 Å². The first-order chi connectivity index (χ1) is 20.9. The molecule has 2 aliphatic heterocycles. The summed E-state index contributed by atoms with van der Waals surface area (Å²) in [7, 11) is -8.66. The molecule has 6 heterocycles. The molecule has 4 aromatic rings. The largest absolute Gasteiger partial charge is 0.394 e. The summed E-state index contributed by atoms with van der Waals surface area (Å²) in [5.41, 5.74) is 8.98. The highest BCUT2D eigenvalue weighted by molar-refractivity contribution is 7.53. The Hall–Kier alpha value is -3.40. The summed E-state index contributed by atoms with van der Waals surface area (Å²) in [6.45, 7) is -1.57. The van der Waals surface area contributed by atoms with Gasteiger partial charge in [-0.05, 0) is 0 Å². The minimum Gasteiger partial charge on any atom is -0.394 e. The second-order valence-corrected chi connectivity index (χ2v) is 12.6. The van der Waals surface area contributed by atoms with Crippen molar-refractivity contribution in [3.8, 4) is 0 Å². The van der Waals surface area contributed by atoms with Gasteiger partial charge in [0.2, 0.25) is 5.95 Å². The van der Waals surface area contributed by atoms with Gasteiger partial charge in [-0.15, -0.1) is 0 Å². The average molecular weight is 660 g/mol. The monoisotopic (exact) mass is 660 g/mol. The molecular formula is C20H26N10O12P2. The quantitative estimate of drug-likeness (QED) is 0.0827. The maximum absolute atomic E-state index is 13.7. The maximum Gasteiger partial charge on any atom is 0.338 e. The van der Waals surface area contributed by atoms with Crippen LogP contribution < -0.4 is 17.0 Å². The molecule has 238 valence electrons. The van der Waals surface area contributed by atoms with Gasteiger partial charge >= 0.3 is 15.9 Å². The smallest absolute Gasteiger partial charge is 0.338 e. The Bertz CT molecular complexity index is 1830. The predicted octanol–water partition coefficient (Wildman–Crippen LogP) is -3.03. The molecule has 4 aromatic heterocycles. The fourth-order valence-corrected chi connectivity index (χ4v) is 7.43. The predicted molar refractivity (Wildman–Crippen MR) is 145 cm³/mol. The van der Waals surface area contributed by atoms with E-state index in [-0.39, 0.29) is 34.1 Å². The standard InChI is InChI=1S/C20H26N10O12P2/c21-14-8-15(24-3-23-14)29(4-25-8)18-11(33)12(42-43(35)36)7(41-18)2-39-44(37,38)13-10(32)6(1-31)40-19(13)30-5-26-9-16(30)27-20(22)28-17(9)34/h3-7,10-13,18-19,31-33,43H,1-2H2,(H,35,36)(H,37,38)(H2,21,23,24)(H3,22,27,28,34)/t6-,7-,10-,11-,12-,13-,18-,19-/m1/s1. The van der Waals surface area contributed by atoms with Crippen LogP contribution in [0.15, 0.2) is 23.8 Å². The van der Waals surface area contributed by atoms with Gasteiger partial charge in [-0.2, -0.15) is 4.98 Å². The lowest BCUT2D eigenvalue weighted by molar-refractivity contribution is -0.0491. The zero-order valence-electron chi connectivity index (χ0n) is 22.1. The number of nitrogens with two attached hydrogens (primary N) is 2. The van der Waals surface area contributed by atoms with Gasteiger partial charge < -0.3 is 55.1 Å². The Kier molecular flexibility index (Phi) is 8.01. The summed E-state index contributed by atoms with van der Waals surface area (Å²) in [4.78, 5) is 55.0. The van der Waals surface area contributed by atoms with Crippen LogP contribution in [0.5, 0.6) is 0 Å². The molecule has 0 spiro atoms. The highest BCUT2D eigenvalue weighted by Gasteiger charge is 2.56. The molecule has 6 rings (SSSR count). The average Bonchev–Trinajstić information content (AvgIpc) is 3.72. The third-order valence-corrected chi connectivity index (χ3v) is 9.56. The normalized spacial score (nSPS) is 31.1. The number of nitrogens with zero attached hydrogens (tertiary/aromatic N) is 7. The minimum absolute atomic E-state index is 0.0387. The lowest BCUT2D eigenvalue weighted by atomic mass is 10.1. The lowest BCUT2D eigenvalue weighted by Crippen LogP contribution is -2.37. The minimum atomic E-state index is -4.99. The number of hydrogen-bond acceptors (Lipinski definition) is 17. The zero-order valence-corrected chi connectivity index (χ0v) is 24.0. The van der Waals surface area contributed by atoms with Crippen molar-refractivity contribution >= 4 is 49.9 Å². The van der Waals surface area contributed by atoms with Gasteiger partial charge in [0.1, 0.15) is 48.0 Å². The first kappa shape index (κ1) is 30.6. The third-order valence-electron chi connectivity index (χ3n) is 7.25. The SMILES string of the molecule is Nc1nc2c(ncn2[C@@H]2O[C@H](CO)[C@@H](O)[C@H]2P(=O)(O)OC[C@H]2O[C@@H](n3cnc4c(N)ncnc43)[C@H](O)[C@@H]2O[PH](=O)O)c(=O)[nH]1. The summed E-state index contributed by atoms with van der Waals surface area (Å²) < 4.78 is 49.5. The summed E-state index contributed by atoms with van der Waals surface area (Å²) in [5.74, 6) is -0.251. The molecule has 10 atom stereocenters. The first-order valence-electron chi connectivity index (χ1n) is 12.7. The number of aliphatic hydroxyl groups is 3. The molecule has 0 saturated carbocycles. The number of aromatic nitrogens is 8. The molecule has 2 aliphatic rings. The Balaban J connectivity index is 1.29. The second-order valence-electron chi connectivity index (χ2n) is 9.85. The van der Waals surface area contributed by atoms with E-state index in [1.54, 1.807) is 0 Å². The number of fused-ring (bicyclic) bond motifs is 2. The number of aromatic amines is 1. The van der Waals surface area contributed by atoms with Crippen molar-refractivity contribution in [2.45, 2.75) is 48.6 Å². The van der Waals surface area contributed by atoms with Crippen LogP contribution in [0, 0.1) is 0 Å². The Morgan fingerprint density at radius 1 is 1.02 bits per heavy atom. The third kappa shape index (κ3) is 5.18. The number of hydrogen-bond donors (Lipinski definition) is 8. The lowest BCUT2D eigenvalue weighted by Gasteiger charge is -2.27. The number of ether oxygens (including phenoxy) is 2. The van der Waals surface area contributed by atoms with E-state index >= 15 is 0 Å². The zero-order chi connectivity index (χ0) is 31.5. The number of aliphatic hydroxyl groups excluding tert-OH is 3. The summed E-state index contributed by atoms with van der Waals surface area (Å²) >= 11 is 0. The van der Waals surface area contributed by atoms with Crippen LogP contribution in [-0.2, 0) is 27.7 Å². The molecule has 44 heavy (non-hydrogen) atoms. The van der Waals surface area contributed by atoms with Crippen molar-refractivity contribution in [2.75, 3.05) is 24.7 Å². The van der Waals surface area contributed by atoms with Crippen LogP contribution in [0.25, 0.3) is 22.3 Å². The van der Waals surface area contributed by atoms with E-state index in [0.29, 0.717) is 0 Å². The van der Waals surface area contributed by atoms with Gasteiger partial charge in [-0.1, -0.05) is 0 Å². The molecule has 2 saturated heterocycles. The van der Waals surface area contributed by atoms with E-state index < -0.39 is 83.3 Å². The van der Waals surface area contributed by atoms with E-state index in [1.165, 1.54) is 10.9 Å². The molecule has 0 aliphatic carbocycles. The topological polar surface area (TPSA) is 331 Å². The van der Waals surface area contributed by atoms with Gasteiger partial charge in [-0.25, -0.2) is 19.9 Å². The molecule has 0 amide bonds. The highest BCUT2D eigenvalue weighted by atomic mass is 31.2. The van der Waals surface area contributed by atoms with Gasteiger partial charge in [-0.3, -0.25) is 28.0 Å². The fourth-order valence-electron chi connectivity index (χ4n) is 5.26. The van der Waals surface area contributed by atoms with Gasteiger partial charge in [0.05, 0.1) is 25.9 Å². The number of nitrogen functional groups attached to an aromatic ring is 2. The number of anilines is 2. The van der Waals surface area contributed by atoms with Gasteiger partial charge in [0.25, 0.3) is 5.56 Å². The van der Waals surface area contributed by atoms with Crippen molar-refractivity contribution in [1.82, 2.24) is 39.0 Å². The van der Waals surface area contributed by atoms with Crippen molar-refractivity contribution < 1.29 is 52.8 Å². The summed E-state index contributed by atoms with van der Waals surface area (Å²) in [6.07, 6.45) is -7.14. The van der Waals surface area contributed by atoms with E-state index in [4.69, 9.17) is 30.0 Å². The molecule has 0 aromatic carbocycles. The van der Waals surface area contributed by atoms with Gasteiger partial charge in [0.15, 0.2) is 35.1 Å². The van der Waals surface area contributed by atoms with E-state index in [9.17, 15) is 39.0 Å². The maximum atomic E-state index is 13.7. The van der Waals surface area contributed by atoms with E-state index in [0.717, 1.165) is 17.2 Å². The molecule has 0 bridgehead atoms. The van der Waals surface area contributed by atoms with Crippen LogP contribution in [0.4, 0.5) is 11.8 Å². The summed E-state index contributed by atoms with van der Waals surface area (Å²) in [5, 5.41) is 31.6. The van der Waals surface area contributed by atoms with Crippen molar-refractivity contribution in [3.05, 3.63) is 29.3 Å². The fraction of sp³-hybridized carbons (Fsp3) is 0.500. The highest BCUT2D eigenvalue weighted by Crippen LogP contribution is 2.57. The molecule has 0 radical (unpaired) electrons. The number of imidazole rings is 2. The molecule has 2 unspecified atom stereocenters. The van der Waals surface area contributed by atoms with Crippen LogP contribution >= 0.6 is 15.9 Å². The van der Waals surface area contributed by atoms with Crippen LogP contribution in [0.3, 0.4) is 0 Å². The van der Waals surface area contributed by atoms with E-state index in [2.05, 4.69) is 29.9 Å². The Morgan fingerprint density at radius 2 is 1.70 bits per heavy atom. The van der Waals surface area contributed by atoms with Crippen LogP contribution in [0.2, 0.25) is 0 Å². The molecule has 24 heteroatoms. The van der Waals surface area contributed by atoms with Gasteiger partial charge in [0, 0.05) is 0 Å². The van der Waals surface area contributed by atoms with Crippen molar-refractivity contribution in [3.63, 3.8) is 0 Å². The number of nitrogens with one attached hydrogen (secondary N) is 1. The molecule has 10 N–H and O–H groups in total.